The zero-order valence-electron chi connectivity index (χ0n) is 14.5. The van der Waals surface area contributed by atoms with Gasteiger partial charge < -0.3 is 20.0 Å². The van der Waals surface area contributed by atoms with Crippen LogP contribution in [0.25, 0.3) is 0 Å². The summed E-state index contributed by atoms with van der Waals surface area (Å²) in [5.41, 5.74) is 1.18. The maximum Gasteiger partial charge on any atom is 0.319 e. The molecular weight excluding hydrogens is 312 g/mol. The molecule has 0 aromatic carbocycles. The molecule has 1 aromatic heterocycles. The van der Waals surface area contributed by atoms with Crippen molar-refractivity contribution in [1.82, 2.24) is 20.0 Å². The SMILES string of the molecule is Cc1cc(C(C)NC(=O)N2CCN(C(=O)N(C)C)CC2)c(C)s1. The lowest BCUT2D eigenvalue weighted by Crippen LogP contribution is -2.55. The molecule has 1 aliphatic rings. The summed E-state index contributed by atoms with van der Waals surface area (Å²) >= 11 is 1.75. The van der Waals surface area contributed by atoms with Crippen LogP contribution in [0.2, 0.25) is 0 Å². The van der Waals surface area contributed by atoms with Gasteiger partial charge in [-0.15, -0.1) is 11.3 Å². The first-order valence-corrected chi connectivity index (χ1v) is 8.70. The molecule has 0 saturated carbocycles. The summed E-state index contributed by atoms with van der Waals surface area (Å²) in [5.74, 6) is 0. The smallest absolute Gasteiger partial charge is 0.319 e. The number of rotatable bonds is 2. The van der Waals surface area contributed by atoms with Gasteiger partial charge in [0.15, 0.2) is 0 Å². The number of hydrogen-bond acceptors (Lipinski definition) is 3. The standard InChI is InChI=1S/C16H26N4O2S/c1-11-10-14(13(3)23-11)12(2)17-15(21)19-6-8-20(9-7-19)16(22)18(4)5/h10,12H,6-9H2,1-5H3,(H,17,21). The molecule has 0 spiro atoms. The highest BCUT2D eigenvalue weighted by Crippen LogP contribution is 2.26. The van der Waals surface area contributed by atoms with E-state index in [1.807, 2.05) is 6.92 Å². The second-order valence-electron chi connectivity index (χ2n) is 6.19. The second-order valence-corrected chi connectivity index (χ2v) is 7.65. The first kappa shape index (κ1) is 17.6. The van der Waals surface area contributed by atoms with Crippen LogP contribution in [0.4, 0.5) is 9.59 Å². The monoisotopic (exact) mass is 338 g/mol. The van der Waals surface area contributed by atoms with Crippen molar-refractivity contribution < 1.29 is 9.59 Å². The van der Waals surface area contributed by atoms with Crippen LogP contribution in [0.1, 0.15) is 28.3 Å². The number of nitrogens with one attached hydrogen (secondary N) is 1. The fraction of sp³-hybridized carbons (Fsp3) is 0.625. The molecular formula is C16H26N4O2S. The number of urea groups is 2. The number of nitrogens with zero attached hydrogens (tertiary/aromatic N) is 3. The van der Waals surface area contributed by atoms with Crippen LogP contribution in [-0.4, -0.2) is 67.0 Å². The largest absolute Gasteiger partial charge is 0.331 e. The van der Waals surface area contributed by atoms with E-state index in [0.29, 0.717) is 26.2 Å². The Labute approximate surface area is 142 Å². The highest BCUT2D eigenvalue weighted by molar-refractivity contribution is 7.12. The molecule has 2 rings (SSSR count). The predicted molar refractivity (Wildman–Crippen MR) is 93.0 cm³/mol. The summed E-state index contributed by atoms with van der Waals surface area (Å²) < 4.78 is 0. The first-order valence-electron chi connectivity index (χ1n) is 7.88. The molecule has 1 fully saturated rings. The molecule has 4 amide bonds. The average molecular weight is 338 g/mol. The number of piperazine rings is 1. The molecule has 1 aromatic rings. The Morgan fingerprint density at radius 3 is 2.22 bits per heavy atom. The van der Waals surface area contributed by atoms with Gasteiger partial charge in [-0.25, -0.2) is 9.59 Å². The van der Waals surface area contributed by atoms with Crippen molar-refractivity contribution in [1.29, 1.82) is 0 Å². The van der Waals surface area contributed by atoms with E-state index in [0.717, 1.165) is 0 Å². The third-order valence-electron chi connectivity index (χ3n) is 4.11. The highest BCUT2D eigenvalue weighted by Gasteiger charge is 2.26. The third kappa shape index (κ3) is 4.16. The van der Waals surface area contributed by atoms with Gasteiger partial charge in [0.25, 0.3) is 0 Å². The lowest BCUT2D eigenvalue weighted by molar-refractivity contribution is 0.128. The van der Waals surface area contributed by atoms with E-state index >= 15 is 0 Å². The molecule has 1 aliphatic heterocycles. The summed E-state index contributed by atoms with van der Waals surface area (Å²) in [7, 11) is 3.49. The molecule has 1 unspecified atom stereocenters. The second kappa shape index (κ2) is 7.21. The molecule has 1 saturated heterocycles. The Balaban J connectivity index is 1.88. The lowest BCUT2D eigenvalue weighted by atomic mass is 10.1. The third-order valence-corrected chi connectivity index (χ3v) is 5.09. The summed E-state index contributed by atoms with van der Waals surface area (Å²) in [4.78, 5) is 32.0. The van der Waals surface area contributed by atoms with Crippen LogP contribution < -0.4 is 5.32 Å². The maximum absolute atomic E-state index is 12.4. The maximum atomic E-state index is 12.4. The first-order chi connectivity index (χ1) is 10.8. The number of carbonyl (C=O) groups excluding carboxylic acids is 2. The molecule has 23 heavy (non-hydrogen) atoms. The van der Waals surface area contributed by atoms with Crippen molar-refractivity contribution in [3.05, 3.63) is 21.4 Å². The molecule has 0 aliphatic carbocycles. The van der Waals surface area contributed by atoms with E-state index in [2.05, 4.69) is 25.2 Å². The molecule has 7 heteroatoms. The summed E-state index contributed by atoms with van der Waals surface area (Å²) in [5, 5.41) is 3.07. The quantitative estimate of drug-likeness (QED) is 0.900. The van der Waals surface area contributed by atoms with Crippen LogP contribution >= 0.6 is 11.3 Å². The highest BCUT2D eigenvalue weighted by atomic mass is 32.1. The molecule has 1 atom stereocenters. The molecule has 6 nitrogen and oxygen atoms in total. The van der Waals surface area contributed by atoms with Crippen LogP contribution in [0.3, 0.4) is 0 Å². The lowest BCUT2D eigenvalue weighted by Gasteiger charge is -2.36. The van der Waals surface area contributed by atoms with Crippen molar-refractivity contribution in [2.75, 3.05) is 40.3 Å². The van der Waals surface area contributed by atoms with E-state index < -0.39 is 0 Å². The van der Waals surface area contributed by atoms with E-state index in [1.165, 1.54) is 15.3 Å². The fourth-order valence-electron chi connectivity index (χ4n) is 2.82. The van der Waals surface area contributed by atoms with E-state index in [1.54, 1.807) is 40.1 Å². The Hall–Kier alpha value is -1.76. The Morgan fingerprint density at radius 1 is 1.17 bits per heavy atom. The number of carbonyl (C=O) groups is 2. The summed E-state index contributed by atoms with van der Waals surface area (Å²) in [6.07, 6.45) is 0. The van der Waals surface area contributed by atoms with E-state index in [4.69, 9.17) is 0 Å². The van der Waals surface area contributed by atoms with Gasteiger partial charge in [-0.1, -0.05) is 0 Å². The summed E-state index contributed by atoms with van der Waals surface area (Å²) in [6.45, 7) is 8.47. The number of thiophene rings is 1. The van der Waals surface area contributed by atoms with Crippen LogP contribution in [0, 0.1) is 13.8 Å². The van der Waals surface area contributed by atoms with Gasteiger partial charge in [0.05, 0.1) is 6.04 Å². The van der Waals surface area contributed by atoms with Crippen molar-refractivity contribution in [2.45, 2.75) is 26.8 Å². The van der Waals surface area contributed by atoms with Gasteiger partial charge in [0.2, 0.25) is 0 Å². The molecule has 128 valence electrons. The van der Waals surface area contributed by atoms with Crippen LogP contribution in [0.15, 0.2) is 6.07 Å². The minimum atomic E-state index is -0.0577. The zero-order valence-corrected chi connectivity index (χ0v) is 15.4. The topological polar surface area (TPSA) is 55.9 Å². The Kier molecular flexibility index (Phi) is 5.51. The predicted octanol–water partition coefficient (Wildman–Crippen LogP) is 2.43. The van der Waals surface area contributed by atoms with Crippen LogP contribution in [0.5, 0.6) is 0 Å². The number of amides is 4. The van der Waals surface area contributed by atoms with E-state index in [9.17, 15) is 9.59 Å². The van der Waals surface area contributed by atoms with Gasteiger partial charge in [0.1, 0.15) is 0 Å². The zero-order chi connectivity index (χ0) is 17.1. The Morgan fingerprint density at radius 2 is 1.74 bits per heavy atom. The number of hydrogen-bond donors (Lipinski definition) is 1. The van der Waals surface area contributed by atoms with E-state index in [-0.39, 0.29) is 18.1 Å². The minimum Gasteiger partial charge on any atom is -0.331 e. The van der Waals surface area contributed by atoms with Crippen molar-refractivity contribution in [3.63, 3.8) is 0 Å². The van der Waals surface area contributed by atoms with Gasteiger partial charge in [0, 0.05) is 50.0 Å². The Bertz CT molecular complexity index is 577. The molecule has 1 N–H and O–H groups in total. The average Bonchev–Trinajstić information content (AvgIpc) is 2.85. The molecule has 2 heterocycles. The molecule has 0 radical (unpaired) electrons. The normalized spacial score (nSPS) is 16.2. The number of aryl methyl sites for hydroxylation is 2. The minimum absolute atomic E-state index is 0.00259. The fourth-order valence-corrected chi connectivity index (χ4v) is 3.84. The van der Waals surface area contributed by atoms with Crippen molar-refractivity contribution in [3.8, 4) is 0 Å². The van der Waals surface area contributed by atoms with Gasteiger partial charge >= 0.3 is 12.1 Å². The van der Waals surface area contributed by atoms with Crippen LogP contribution in [-0.2, 0) is 0 Å². The molecule has 0 bridgehead atoms. The van der Waals surface area contributed by atoms with Gasteiger partial charge in [-0.2, -0.15) is 0 Å². The van der Waals surface area contributed by atoms with Gasteiger partial charge in [-0.05, 0) is 32.4 Å². The summed E-state index contributed by atoms with van der Waals surface area (Å²) in [6, 6.07) is 2.08. The van der Waals surface area contributed by atoms with Crippen molar-refractivity contribution >= 4 is 23.4 Å². The van der Waals surface area contributed by atoms with Gasteiger partial charge in [-0.3, -0.25) is 0 Å². The van der Waals surface area contributed by atoms with Crippen molar-refractivity contribution in [2.24, 2.45) is 0 Å².